The number of carbonyl (C=O) groups excluding carboxylic acids is 1. The van der Waals surface area contributed by atoms with Gasteiger partial charge in [-0.05, 0) is 39.2 Å². The van der Waals surface area contributed by atoms with Crippen LogP contribution in [0.3, 0.4) is 0 Å². The Morgan fingerprint density at radius 3 is 2.83 bits per heavy atom. The van der Waals surface area contributed by atoms with Crippen molar-refractivity contribution in [3.8, 4) is 0 Å². The number of piperidine rings is 1. The summed E-state index contributed by atoms with van der Waals surface area (Å²) in [6.45, 7) is 4.87. The van der Waals surface area contributed by atoms with Crippen molar-refractivity contribution in [3.63, 3.8) is 0 Å². The molecule has 2 N–H and O–H groups in total. The SMILES string of the molecule is CCc1nnc(NC(=O)C2(C)CCCCN2)s1.Cl. The predicted octanol–water partition coefficient (Wildman–Crippen LogP) is 1.99. The molecule has 0 spiro atoms. The van der Waals surface area contributed by atoms with Crippen LogP contribution in [0.4, 0.5) is 5.13 Å². The molecule has 0 saturated carbocycles. The van der Waals surface area contributed by atoms with Gasteiger partial charge in [-0.15, -0.1) is 22.6 Å². The molecular weight excluding hydrogens is 272 g/mol. The van der Waals surface area contributed by atoms with Gasteiger partial charge in [0.1, 0.15) is 5.01 Å². The minimum Gasteiger partial charge on any atom is -0.304 e. The van der Waals surface area contributed by atoms with E-state index in [4.69, 9.17) is 0 Å². The number of aromatic nitrogens is 2. The zero-order chi connectivity index (χ0) is 12.3. The van der Waals surface area contributed by atoms with Crippen molar-refractivity contribution in [3.05, 3.63) is 5.01 Å². The number of nitrogens with zero attached hydrogens (tertiary/aromatic N) is 2. The molecule has 1 aromatic rings. The zero-order valence-electron chi connectivity index (χ0n) is 10.7. The first-order valence-electron chi connectivity index (χ1n) is 6.03. The number of hydrogen-bond acceptors (Lipinski definition) is 5. The quantitative estimate of drug-likeness (QED) is 0.893. The normalized spacial score (nSPS) is 23.2. The first-order valence-corrected chi connectivity index (χ1v) is 6.84. The van der Waals surface area contributed by atoms with Gasteiger partial charge in [-0.25, -0.2) is 0 Å². The van der Waals surface area contributed by atoms with Gasteiger partial charge in [0, 0.05) is 0 Å². The molecule has 2 rings (SSSR count). The van der Waals surface area contributed by atoms with Crippen LogP contribution in [0.2, 0.25) is 0 Å². The van der Waals surface area contributed by atoms with E-state index in [0.29, 0.717) is 5.13 Å². The number of aryl methyl sites for hydroxylation is 1. The predicted molar refractivity (Wildman–Crippen MR) is 75.4 cm³/mol. The third kappa shape index (κ3) is 3.40. The van der Waals surface area contributed by atoms with Crippen LogP contribution in [0, 0.1) is 0 Å². The van der Waals surface area contributed by atoms with E-state index in [1.54, 1.807) is 0 Å². The van der Waals surface area contributed by atoms with E-state index < -0.39 is 5.54 Å². The van der Waals surface area contributed by atoms with Crippen molar-refractivity contribution in [1.29, 1.82) is 0 Å². The van der Waals surface area contributed by atoms with Crippen molar-refractivity contribution in [2.24, 2.45) is 0 Å². The highest BCUT2D eigenvalue weighted by molar-refractivity contribution is 7.15. The maximum atomic E-state index is 12.2. The Labute approximate surface area is 117 Å². The summed E-state index contributed by atoms with van der Waals surface area (Å²) in [6, 6.07) is 0. The first kappa shape index (κ1) is 15.3. The van der Waals surface area contributed by atoms with Gasteiger partial charge in [-0.2, -0.15) is 0 Å². The van der Waals surface area contributed by atoms with E-state index in [9.17, 15) is 4.79 Å². The molecule has 0 aliphatic carbocycles. The Morgan fingerprint density at radius 2 is 2.28 bits per heavy atom. The second kappa shape index (κ2) is 6.45. The van der Waals surface area contributed by atoms with Gasteiger partial charge in [0.05, 0.1) is 5.54 Å². The van der Waals surface area contributed by atoms with E-state index in [2.05, 4.69) is 20.8 Å². The minimum absolute atomic E-state index is 0. The van der Waals surface area contributed by atoms with Gasteiger partial charge in [0.15, 0.2) is 0 Å². The van der Waals surface area contributed by atoms with Crippen LogP contribution in [-0.2, 0) is 11.2 Å². The molecule has 2 heterocycles. The topological polar surface area (TPSA) is 66.9 Å². The fraction of sp³-hybridized carbons (Fsp3) is 0.727. The molecule has 0 aromatic carbocycles. The molecule has 0 bridgehead atoms. The number of rotatable bonds is 3. The van der Waals surface area contributed by atoms with Crippen molar-refractivity contribution in [2.45, 2.75) is 45.1 Å². The van der Waals surface area contributed by atoms with Gasteiger partial charge >= 0.3 is 0 Å². The van der Waals surface area contributed by atoms with Crippen LogP contribution in [0.5, 0.6) is 0 Å². The summed E-state index contributed by atoms with van der Waals surface area (Å²) in [4.78, 5) is 12.2. The van der Waals surface area contributed by atoms with Crippen molar-refractivity contribution in [1.82, 2.24) is 15.5 Å². The lowest BCUT2D eigenvalue weighted by Crippen LogP contribution is -2.54. The number of nitrogens with one attached hydrogen (secondary N) is 2. The summed E-state index contributed by atoms with van der Waals surface area (Å²) in [5, 5.41) is 15.6. The summed E-state index contributed by atoms with van der Waals surface area (Å²) in [7, 11) is 0. The summed E-state index contributed by atoms with van der Waals surface area (Å²) < 4.78 is 0. The lowest BCUT2D eigenvalue weighted by atomic mass is 9.90. The van der Waals surface area contributed by atoms with Crippen LogP contribution in [-0.4, -0.2) is 28.2 Å². The molecule has 1 aliphatic heterocycles. The average molecular weight is 291 g/mol. The molecule has 0 radical (unpaired) electrons. The van der Waals surface area contributed by atoms with Crippen molar-refractivity contribution < 1.29 is 4.79 Å². The van der Waals surface area contributed by atoms with Gasteiger partial charge in [0.25, 0.3) is 0 Å². The Kier molecular flexibility index (Phi) is 5.49. The van der Waals surface area contributed by atoms with E-state index in [1.807, 2.05) is 13.8 Å². The highest BCUT2D eigenvalue weighted by Crippen LogP contribution is 2.22. The van der Waals surface area contributed by atoms with Crippen LogP contribution < -0.4 is 10.6 Å². The standard InChI is InChI=1S/C11H18N4OS.ClH/c1-3-8-14-15-10(17-8)13-9(16)11(2)6-4-5-7-12-11;/h12H,3-7H2,1-2H3,(H,13,15,16);1H. The molecule has 18 heavy (non-hydrogen) atoms. The molecule has 1 fully saturated rings. The monoisotopic (exact) mass is 290 g/mol. The molecule has 1 aromatic heterocycles. The number of hydrogen-bond donors (Lipinski definition) is 2. The molecule has 1 amide bonds. The van der Waals surface area contributed by atoms with Gasteiger partial charge in [0.2, 0.25) is 11.0 Å². The Hall–Kier alpha value is -0.720. The maximum Gasteiger partial charge on any atom is 0.246 e. The molecule has 7 heteroatoms. The van der Waals surface area contributed by atoms with Gasteiger partial charge in [-0.3, -0.25) is 10.1 Å². The molecule has 102 valence electrons. The first-order chi connectivity index (χ1) is 8.14. The maximum absolute atomic E-state index is 12.2. The second-order valence-electron chi connectivity index (χ2n) is 4.52. The summed E-state index contributed by atoms with van der Waals surface area (Å²) >= 11 is 1.44. The fourth-order valence-corrected chi connectivity index (χ4v) is 2.61. The number of amides is 1. The molecule has 1 saturated heterocycles. The minimum atomic E-state index is -0.462. The largest absolute Gasteiger partial charge is 0.304 e. The third-order valence-electron chi connectivity index (χ3n) is 3.11. The zero-order valence-corrected chi connectivity index (χ0v) is 12.3. The Bertz CT molecular complexity index is 404. The van der Waals surface area contributed by atoms with E-state index in [0.717, 1.165) is 37.2 Å². The highest BCUT2D eigenvalue weighted by atomic mass is 35.5. The summed E-state index contributed by atoms with van der Waals surface area (Å²) in [5.41, 5.74) is -0.462. The molecule has 1 atom stereocenters. The van der Waals surface area contributed by atoms with Gasteiger partial charge < -0.3 is 5.32 Å². The third-order valence-corrected chi connectivity index (χ3v) is 4.09. The molecule has 5 nitrogen and oxygen atoms in total. The van der Waals surface area contributed by atoms with Crippen LogP contribution in [0.15, 0.2) is 0 Å². The Morgan fingerprint density at radius 1 is 1.50 bits per heavy atom. The van der Waals surface area contributed by atoms with Crippen LogP contribution in [0.25, 0.3) is 0 Å². The average Bonchev–Trinajstić information content (AvgIpc) is 2.78. The number of anilines is 1. The Balaban J connectivity index is 0.00000162. The molecule has 1 aliphatic rings. The second-order valence-corrected chi connectivity index (χ2v) is 5.59. The summed E-state index contributed by atoms with van der Waals surface area (Å²) in [6.07, 6.45) is 3.95. The van der Waals surface area contributed by atoms with E-state index in [-0.39, 0.29) is 18.3 Å². The van der Waals surface area contributed by atoms with Crippen molar-refractivity contribution in [2.75, 3.05) is 11.9 Å². The van der Waals surface area contributed by atoms with Gasteiger partial charge in [-0.1, -0.05) is 18.3 Å². The lowest BCUT2D eigenvalue weighted by molar-refractivity contribution is -0.122. The van der Waals surface area contributed by atoms with E-state index in [1.165, 1.54) is 11.3 Å². The number of halogens is 1. The smallest absolute Gasteiger partial charge is 0.246 e. The molecule has 1 unspecified atom stereocenters. The summed E-state index contributed by atoms with van der Waals surface area (Å²) in [5.74, 6) is -0.00370. The lowest BCUT2D eigenvalue weighted by Gasteiger charge is -2.32. The number of carbonyl (C=O) groups is 1. The molecular formula is C11H19ClN4OS. The van der Waals surface area contributed by atoms with Crippen molar-refractivity contribution >= 4 is 34.8 Å². The van der Waals surface area contributed by atoms with Crippen LogP contribution in [0.1, 0.15) is 38.1 Å². The van der Waals surface area contributed by atoms with Crippen LogP contribution >= 0.6 is 23.7 Å². The fourth-order valence-electron chi connectivity index (χ4n) is 1.93. The van der Waals surface area contributed by atoms with E-state index >= 15 is 0 Å². The highest BCUT2D eigenvalue weighted by Gasteiger charge is 2.34.